The van der Waals surface area contributed by atoms with Crippen molar-refractivity contribution in [3.63, 3.8) is 0 Å². The van der Waals surface area contributed by atoms with Crippen LogP contribution in [0, 0.1) is 17.7 Å². The molecule has 0 fully saturated rings. The van der Waals surface area contributed by atoms with Crippen LogP contribution in [0.1, 0.15) is 25.8 Å². The van der Waals surface area contributed by atoms with Gasteiger partial charge < -0.3 is 5.21 Å². The summed E-state index contributed by atoms with van der Waals surface area (Å²) >= 11 is 0. The molecule has 1 aromatic carbocycles. The van der Waals surface area contributed by atoms with Crippen LogP contribution in [0.25, 0.3) is 0 Å². The quantitative estimate of drug-likeness (QED) is 0.313. The second kappa shape index (κ2) is 20.8. The van der Waals surface area contributed by atoms with Gasteiger partial charge in [0.2, 0.25) is 12.2 Å². The Hall–Kier alpha value is -2.55. The first-order chi connectivity index (χ1) is 9.03. The molecule has 0 atom stereocenters. The molecule has 6 heteroatoms. The van der Waals surface area contributed by atoms with Crippen molar-refractivity contribution in [2.24, 2.45) is 5.16 Å². The lowest BCUT2D eigenvalue weighted by Gasteiger charge is -1.82. The summed E-state index contributed by atoms with van der Waals surface area (Å²) in [5.74, 6) is 0. The molecule has 19 heavy (non-hydrogen) atoms. The fourth-order valence-corrected chi connectivity index (χ4v) is 0.605. The third-order valence-electron chi connectivity index (χ3n) is 1.62. The summed E-state index contributed by atoms with van der Waals surface area (Å²) in [6.45, 7) is 5.80. The summed E-state index contributed by atoms with van der Waals surface area (Å²) < 4.78 is 0. The van der Waals surface area contributed by atoms with E-state index in [2.05, 4.69) is 24.2 Å². The smallest absolute Gasteiger partial charge is 0.231 e. The van der Waals surface area contributed by atoms with Crippen molar-refractivity contribution in [1.29, 1.82) is 10.8 Å². The molecule has 0 radical (unpaired) electrons. The number of nitrogens with zero attached hydrogens (tertiary/aromatic N) is 1. The minimum Gasteiger partial charge on any atom is -0.411 e. The maximum absolute atomic E-state index is 8.35. The second-order valence-electron chi connectivity index (χ2n) is 3.05. The van der Waals surface area contributed by atoms with Gasteiger partial charge in [-0.2, -0.15) is 0 Å². The van der Waals surface area contributed by atoms with Gasteiger partial charge in [-0.05, 0) is 20.3 Å². The van der Waals surface area contributed by atoms with Crippen LogP contribution in [0.4, 0.5) is 0 Å². The van der Waals surface area contributed by atoms with Gasteiger partial charge in [0.05, 0.1) is 5.71 Å². The van der Waals surface area contributed by atoms with Crippen molar-refractivity contribution >= 4 is 17.9 Å². The molecule has 1 rings (SSSR count). The number of nitrogens with one attached hydrogen (secondary N) is 2. The molecule has 0 amide bonds. The first kappa shape index (κ1) is 21.7. The Kier molecular flexibility index (Phi) is 23.8. The zero-order valence-corrected chi connectivity index (χ0v) is 11.3. The fraction of sp³-hybridized carbons (Fsp3) is 0.308. The van der Waals surface area contributed by atoms with Gasteiger partial charge in [0.15, 0.2) is 0 Å². The minimum atomic E-state index is 0.750. The Morgan fingerprint density at radius 3 is 1.68 bits per heavy atom. The number of isocyanates is 2. The second-order valence-corrected chi connectivity index (χ2v) is 3.05. The largest absolute Gasteiger partial charge is 0.411 e. The van der Waals surface area contributed by atoms with Crippen LogP contribution in [-0.2, 0) is 9.59 Å². The molecule has 0 aliphatic carbocycles. The highest BCUT2D eigenvalue weighted by Crippen LogP contribution is 1.92. The van der Waals surface area contributed by atoms with E-state index in [1.807, 2.05) is 25.1 Å². The molecule has 1 aromatic rings. The normalized spacial score (nSPS) is 7.84. The van der Waals surface area contributed by atoms with Crippen LogP contribution < -0.4 is 0 Å². The molecule has 6 nitrogen and oxygen atoms in total. The highest BCUT2D eigenvalue weighted by atomic mass is 16.4. The predicted octanol–water partition coefficient (Wildman–Crippen LogP) is 3.04. The Morgan fingerprint density at radius 2 is 1.58 bits per heavy atom. The van der Waals surface area contributed by atoms with E-state index in [1.165, 1.54) is 5.56 Å². The third-order valence-corrected chi connectivity index (χ3v) is 1.62. The topological polar surface area (TPSA) is 114 Å². The van der Waals surface area contributed by atoms with Crippen molar-refractivity contribution in [3.05, 3.63) is 35.9 Å². The first-order valence-electron chi connectivity index (χ1n) is 5.30. The van der Waals surface area contributed by atoms with E-state index in [-0.39, 0.29) is 0 Å². The first-order valence-corrected chi connectivity index (χ1v) is 5.30. The van der Waals surface area contributed by atoms with Gasteiger partial charge >= 0.3 is 0 Å². The Bertz CT molecular complexity index is 379. The van der Waals surface area contributed by atoms with Crippen molar-refractivity contribution < 1.29 is 14.8 Å². The van der Waals surface area contributed by atoms with Gasteiger partial charge in [0.25, 0.3) is 0 Å². The van der Waals surface area contributed by atoms with E-state index in [1.54, 1.807) is 6.92 Å². The molecular formula is C13H19N3O3. The maximum Gasteiger partial charge on any atom is 0.231 e. The number of benzene rings is 1. The van der Waals surface area contributed by atoms with Crippen LogP contribution in [0.2, 0.25) is 0 Å². The van der Waals surface area contributed by atoms with Gasteiger partial charge in [0.1, 0.15) is 0 Å². The minimum absolute atomic E-state index is 0.750. The van der Waals surface area contributed by atoms with Gasteiger partial charge in [-0.15, -0.1) is 0 Å². The standard InChI is InChI=1S/C7H8.C4H9NO.2CHNO/c1-7-5-3-2-4-6-7;1-3-4(2)5-6;2*2-1-3/h2-6H,1H3;6H,3H2,1-2H3;2*2H. The van der Waals surface area contributed by atoms with Crippen LogP contribution >= 0.6 is 0 Å². The highest BCUT2D eigenvalue weighted by molar-refractivity contribution is 5.80. The maximum atomic E-state index is 8.35. The average Bonchev–Trinajstić information content (AvgIpc) is 2.41. The molecule has 0 aromatic heterocycles. The molecule has 0 unspecified atom stereocenters. The molecule has 0 heterocycles. The van der Waals surface area contributed by atoms with Crippen molar-refractivity contribution in [2.45, 2.75) is 27.2 Å². The number of hydrogen-bond donors (Lipinski definition) is 3. The Balaban J connectivity index is -0.000000195. The van der Waals surface area contributed by atoms with E-state index in [0.717, 1.165) is 24.3 Å². The van der Waals surface area contributed by atoms with Crippen LogP contribution in [0.5, 0.6) is 0 Å². The van der Waals surface area contributed by atoms with Gasteiger partial charge in [0, 0.05) is 0 Å². The van der Waals surface area contributed by atoms with E-state index < -0.39 is 0 Å². The zero-order valence-electron chi connectivity index (χ0n) is 11.3. The molecule has 0 spiro atoms. The van der Waals surface area contributed by atoms with Gasteiger partial charge in [-0.3, -0.25) is 0 Å². The number of aryl methyl sites for hydroxylation is 1. The van der Waals surface area contributed by atoms with Gasteiger partial charge in [-0.1, -0.05) is 48.0 Å². The zero-order chi connectivity index (χ0) is 15.5. The number of oxime groups is 1. The van der Waals surface area contributed by atoms with E-state index >= 15 is 0 Å². The molecular weight excluding hydrogens is 246 g/mol. The highest BCUT2D eigenvalue weighted by Gasteiger charge is 1.77. The third kappa shape index (κ3) is 31.3. The lowest BCUT2D eigenvalue weighted by molar-refractivity contribution is 0.317. The summed E-state index contributed by atoms with van der Waals surface area (Å²) in [4.78, 5) is 16.7. The lowest BCUT2D eigenvalue weighted by Crippen LogP contribution is -1.83. The molecule has 104 valence electrons. The van der Waals surface area contributed by atoms with E-state index in [0.29, 0.717) is 0 Å². The van der Waals surface area contributed by atoms with Gasteiger partial charge in [-0.25, -0.2) is 20.4 Å². The van der Waals surface area contributed by atoms with Crippen LogP contribution in [0.15, 0.2) is 35.5 Å². The molecule has 3 N–H and O–H groups in total. The molecule has 0 saturated carbocycles. The number of rotatable bonds is 1. The van der Waals surface area contributed by atoms with Crippen LogP contribution in [0.3, 0.4) is 0 Å². The fourth-order valence-electron chi connectivity index (χ4n) is 0.605. The lowest BCUT2D eigenvalue weighted by atomic mass is 10.2. The van der Waals surface area contributed by atoms with E-state index in [4.69, 9.17) is 25.6 Å². The summed E-state index contributed by atoms with van der Waals surface area (Å²) in [5, 5.41) is 21.7. The summed E-state index contributed by atoms with van der Waals surface area (Å²) in [5.41, 5.74) is 2.09. The summed E-state index contributed by atoms with van der Waals surface area (Å²) in [6, 6.07) is 10.3. The SMILES string of the molecule is CCC(C)=NO.Cc1ccccc1.N=C=O.N=C=O. The van der Waals surface area contributed by atoms with Crippen molar-refractivity contribution in [2.75, 3.05) is 0 Å². The Labute approximate surface area is 112 Å². The monoisotopic (exact) mass is 265 g/mol. The summed E-state index contributed by atoms with van der Waals surface area (Å²) in [7, 11) is 0. The van der Waals surface area contributed by atoms with E-state index in [9.17, 15) is 0 Å². The molecule has 0 aliphatic rings. The van der Waals surface area contributed by atoms with Crippen molar-refractivity contribution in [1.82, 2.24) is 0 Å². The average molecular weight is 265 g/mol. The number of carbonyl (C=O) groups excluding carboxylic acids is 2. The predicted molar refractivity (Wildman–Crippen MR) is 73.2 cm³/mol. The van der Waals surface area contributed by atoms with Crippen molar-refractivity contribution in [3.8, 4) is 0 Å². The molecule has 0 bridgehead atoms. The number of hydrogen-bond acceptors (Lipinski definition) is 6. The summed E-state index contributed by atoms with van der Waals surface area (Å²) in [6.07, 6.45) is 2.33. The molecule has 0 aliphatic heterocycles. The van der Waals surface area contributed by atoms with Crippen LogP contribution in [-0.4, -0.2) is 23.1 Å². The Morgan fingerprint density at radius 1 is 1.21 bits per heavy atom. The molecule has 0 saturated heterocycles.